The lowest BCUT2D eigenvalue weighted by Gasteiger charge is -2.38. The first kappa shape index (κ1) is 12.1. The Morgan fingerprint density at radius 3 is 2.88 bits per heavy atom. The molecule has 5 heteroatoms. The van der Waals surface area contributed by atoms with Crippen molar-refractivity contribution in [3.05, 3.63) is 16.0 Å². The molecular weight excluding hydrogens is 289 g/mol. The van der Waals surface area contributed by atoms with Crippen molar-refractivity contribution in [1.82, 2.24) is 9.97 Å². The number of nitrogens with zero attached hydrogens (tertiary/aromatic N) is 3. The summed E-state index contributed by atoms with van der Waals surface area (Å²) in [6, 6.07) is 0.512. The minimum atomic E-state index is 0.482. The molecule has 16 heavy (non-hydrogen) atoms. The van der Waals surface area contributed by atoms with E-state index in [9.17, 15) is 0 Å². The molecule has 0 aliphatic carbocycles. The number of aromatic nitrogens is 2. The van der Waals surface area contributed by atoms with Crippen LogP contribution >= 0.6 is 27.5 Å². The second kappa shape index (κ2) is 4.88. The van der Waals surface area contributed by atoms with E-state index in [2.05, 4.69) is 44.6 Å². The zero-order valence-electron chi connectivity index (χ0n) is 9.45. The van der Waals surface area contributed by atoms with Gasteiger partial charge >= 0.3 is 0 Å². The highest BCUT2D eigenvalue weighted by atomic mass is 79.9. The summed E-state index contributed by atoms with van der Waals surface area (Å²) >= 11 is 9.46. The van der Waals surface area contributed by atoms with Gasteiger partial charge in [-0.3, -0.25) is 0 Å². The van der Waals surface area contributed by atoms with Crippen molar-refractivity contribution in [3.8, 4) is 0 Å². The highest BCUT2D eigenvalue weighted by Crippen LogP contribution is 2.33. The fourth-order valence-electron chi connectivity index (χ4n) is 2.12. The van der Waals surface area contributed by atoms with Crippen LogP contribution in [0.1, 0.15) is 26.7 Å². The SMILES string of the molecule is CC1CCC(C)N(c2ncnc(Cl)c2Br)C1. The van der Waals surface area contributed by atoms with Crippen LogP contribution in [0.3, 0.4) is 0 Å². The molecule has 2 unspecified atom stereocenters. The number of hydrogen-bond donors (Lipinski definition) is 0. The minimum Gasteiger partial charge on any atom is -0.353 e. The van der Waals surface area contributed by atoms with E-state index < -0.39 is 0 Å². The molecule has 1 aliphatic rings. The molecule has 0 radical (unpaired) electrons. The van der Waals surface area contributed by atoms with Gasteiger partial charge in [-0.1, -0.05) is 18.5 Å². The van der Waals surface area contributed by atoms with Gasteiger partial charge in [0, 0.05) is 12.6 Å². The summed E-state index contributed by atoms with van der Waals surface area (Å²) in [6.45, 7) is 5.54. The maximum atomic E-state index is 5.99. The molecule has 1 aromatic rings. The summed E-state index contributed by atoms with van der Waals surface area (Å²) in [5.74, 6) is 1.62. The monoisotopic (exact) mass is 303 g/mol. The number of rotatable bonds is 1. The van der Waals surface area contributed by atoms with Crippen LogP contribution in [-0.4, -0.2) is 22.6 Å². The predicted molar refractivity (Wildman–Crippen MR) is 69.9 cm³/mol. The van der Waals surface area contributed by atoms with Crippen LogP contribution in [0.15, 0.2) is 10.8 Å². The van der Waals surface area contributed by atoms with Gasteiger partial charge in [-0.15, -0.1) is 0 Å². The molecule has 3 nitrogen and oxygen atoms in total. The Morgan fingerprint density at radius 1 is 1.38 bits per heavy atom. The highest BCUT2D eigenvalue weighted by Gasteiger charge is 2.26. The van der Waals surface area contributed by atoms with Gasteiger partial charge in [-0.25, -0.2) is 9.97 Å². The molecule has 0 spiro atoms. The Morgan fingerprint density at radius 2 is 2.12 bits per heavy atom. The zero-order chi connectivity index (χ0) is 11.7. The molecule has 88 valence electrons. The van der Waals surface area contributed by atoms with Crippen LogP contribution in [0.2, 0.25) is 5.15 Å². The summed E-state index contributed by atoms with van der Waals surface area (Å²) in [6.07, 6.45) is 4.01. The number of anilines is 1. The lowest BCUT2D eigenvalue weighted by molar-refractivity contribution is 0.387. The predicted octanol–water partition coefficient (Wildman–Crippen LogP) is 3.52. The second-order valence-electron chi connectivity index (χ2n) is 4.49. The van der Waals surface area contributed by atoms with Crippen molar-refractivity contribution in [3.63, 3.8) is 0 Å². The first-order valence-corrected chi connectivity index (χ1v) is 6.69. The number of hydrogen-bond acceptors (Lipinski definition) is 3. The molecule has 2 heterocycles. The molecule has 1 aromatic heterocycles. The smallest absolute Gasteiger partial charge is 0.148 e. The van der Waals surface area contributed by atoms with Crippen LogP contribution in [0.25, 0.3) is 0 Å². The van der Waals surface area contributed by atoms with E-state index in [-0.39, 0.29) is 0 Å². The number of piperidine rings is 1. The third kappa shape index (κ3) is 2.33. The van der Waals surface area contributed by atoms with Gasteiger partial charge in [-0.05, 0) is 41.6 Å². The fourth-order valence-corrected chi connectivity index (χ4v) is 2.68. The van der Waals surface area contributed by atoms with Gasteiger partial charge in [0.1, 0.15) is 17.3 Å². The first-order chi connectivity index (χ1) is 7.59. The van der Waals surface area contributed by atoms with Gasteiger partial charge in [0.25, 0.3) is 0 Å². The molecule has 1 saturated heterocycles. The maximum absolute atomic E-state index is 5.99. The fraction of sp³-hybridized carbons (Fsp3) is 0.636. The normalized spacial score (nSPS) is 25.9. The summed E-state index contributed by atoms with van der Waals surface area (Å²) in [7, 11) is 0. The van der Waals surface area contributed by atoms with E-state index in [1.165, 1.54) is 19.2 Å². The van der Waals surface area contributed by atoms with Crippen molar-refractivity contribution < 1.29 is 0 Å². The quantitative estimate of drug-likeness (QED) is 0.743. The maximum Gasteiger partial charge on any atom is 0.148 e. The third-order valence-electron chi connectivity index (χ3n) is 3.12. The van der Waals surface area contributed by atoms with Crippen molar-refractivity contribution in [2.24, 2.45) is 5.92 Å². The lowest BCUT2D eigenvalue weighted by Crippen LogP contribution is -2.41. The van der Waals surface area contributed by atoms with Crippen LogP contribution in [0, 0.1) is 5.92 Å². The standard InChI is InChI=1S/C11H15BrClN3/c1-7-3-4-8(2)16(5-7)11-9(12)10(13)14-6-15-11/h6-8H,3-5H2,1-2H3. The molecule has 0 saturated carbocycles. The van der Waals surface area contributed by atoms with Gasteiger partial charge < -0.3 is 4.90 Å². The van der Waals surface area contributed by atoms with Crippen molar-refractivity contribution in [1.29, 1.82) is 0 Å². The Hall–Kier alpha value is -0.350. The minimum absolute atomic E-state index is 0.482. The van der Waals surface area contributed by atoms with Crippen LogP contribution in [0.4, 0.5) is 5.82 Å². The molecule has 1 aliphatic heterocycles. The van der Waals surface area contributed by atoms with E-state index in [0.29, 0.717) is 17.1 Å². The van der Waals surface area contributed by atoms with Gasteiger partial charge in [0.05, 0.1) is 4.47 Å². The molecule has 2 rings (SSSR count). The molecule has 0 bridgehead atoms. The van der Waals surface area contributed by atoms with Crippen LogP contribution < -0.4 is 4.90 Å². The lowest BCUT2D eigenvalue weighted by atomic mass is 9.95. The van der Waals surface area contributed by atoms with Crippen molar-refractivity contribution in [2.75, 3.05) is 11.4 Å². The van der Waals surface area contributed by atoms with Crippen LogP contribution in [-0.2, 0) is 0 Å². The van der Waals surface area contributed by atoms with Gasteiger partial charge in [0.15, 0.2) is 0 Å². The molecule has 0 N–H and O–H groups in total. The van der Waals surface area contributed by atoms with E-state index in [0.717, 1.165) is 16.8 Å². The molecule has 1 fully saturated rings. The number of halogens is 2. The first-order valence-electron chi connectivity index (χ1n) is 5.52. The topological polar surface area (TPSA) is 29.0 Å². The zero-order valence-corrected chi connectivity index (χ0v) is 11.8. The third-order valence-corrected chi connectivity index (χ3v) is 4.36. The molecule has 0 amide bonds. The van der Waals surface area contributed by atoms with E-state index in [4.69, 9.17) is 11.6 Å². The van der Waals surface area contributed by atoms with Gasteiger partial charge in [-0.2, -0.15) is 0 Å². The van der Waals surface area contributed by atoms with E-state index in [1.807, 2.05) is 0 Å². The summed E-state index contributed by atoms with van der Waals surface area (Å²) in [5.41, 5.74) is 0. The largest absolute Gasteiger partial charge is 0.353 e. The van der Waals surface area contributed by atoms with Crippen molar-refractivity contribution in [2.45, 2.75) is 32.7 Å². The van der Waals surface area contributed by atoms with Crippen LogP contribution in [0.5, 0.6) is 0 Å². The van der Waals surface area contributed by atoms with E-state index >= 15 is 0 Å². The highest BCUT2D eigenvalue weighted by molar-refractivity contribution is 9.10. The molecule has 0 aromatic carbocycles. The average molecular weight is 305 g/mol. The Bertz CT molecular complexity index is 385. The molecular formula is C11H15BrClN3. The Kier molecular flexibility index (Phi) is 3.70. The Balaban J connectivity index is 2.31. The van der Waals surface area contributed by atoms with Crippen molar-refractivity contribution >= 4 is 33.3 Å². The summed E-state index contributed by atoms with van der Waals surface area (Å²) < 4.78 is 0.803. The average Bonchev–Trinajstić information content (AvgIpc) is 2.26. The molecule has 2 atom stereocenters. The summed E-state index contributed by atoms with van der Waals surface area (Å²) in [4.78, 5) is 10.6. The Labute approximate surface area is 109 Å². The second-order valence-corrected chi connectivity index (χ2v) is 5.64. The van der Waals surface area contributed by atoms with Gasteiger partial charge in [0.2, 0.25) is 0 Å². The van der Waals surface area contributed by atoms with E-state index in [1.54, 1.807) is 0 Å². The summed E-state index contributed by atoms with van der Waals surface area (Å²) in [5, 5.41) is 0.482.